The van der Waals surface area contributed by atoms with Crippen molar-refractivity contribution in [2.45, 2.75) is 38.8 Å². The maximum atomic E-state index is 12.9. The third-order valence-electron chi connectivity index (χ3n) is 4.95. The van der Waals surface area contributed by atoms with Crippen molar-refractivity contribution in [3.05, 3.63) is 36.0 Å². The van der Waals surface area contributed by atoms with Crippen molar-refractivity contribution >= 4 is 16.7 Å². The van der Waals surface area contributed by atoms with Crippen LogP contribution >= 0.6 is 0 Å². The van der Waals surface area contributed by atoms with Gasteiger partial charge in [-0.25, -0.2) is 0 Å². The van der Waals surface area contributed by atoms with Gasteiger partial charge in [-0.05, 0) is 45.2 Å². The topological polar surface area (TPSA) is 56.3 Å². The molecule has 1 aromatic carbocycles. The number of rotatable bonds is 4. The summed E-state index contributed by atoms with van der Waals surface area (Å²) in [5.74, 6) is 0.427. The number of Topliss-reactive ketones (excluding diaryl/α,β-unsaturated/α-hetero) is 1. The van der Waals surface area contributed by atoms with Crippen molar-refractivity contribution in [1.82, 2.24) is 9.88 Å². The third kappa shape index (κ3) is 2.81. The Morgan fingerprint density at radius 3 is 2.91 bits per heavy atom. The van der Waals surface area contributed by atoms with Crippen LogP contribution in [-0.2, 0) is 0 Å². The first-order chi connectivity index (χ1) is 10.6. The van der Waals surface area contributed by atoms with Crippen molar-refractivity contribution in [3.63, 3.8) is 0 Å². The lowest BCUT2D eigenvalue weighted by atomic mass is 9.91. The minimum absolute atomic E-state index is 0.152. The molecule has 1 aromatic heterocycles. The van der Waals surface area contributed by atoms with Crippen molar-refractivity contribution in [1.29, 1.82) is 0 Å². The smallest absolute Gasteiger partial charge is 0.181 e. The van der Waals surface area contributed by atoms with Crippen LogP contribution < -0.4 is 0 Å². The highest BCUT2D eigenvalue weighted by atomic mass is 16.3. The number of aliphatic hydroxyl groups is 1. The summed E-state index contributed by atoms with van der Waals surface area (Å²) in [6.45, 7) is 5.56. The van der Waals surface area contributed by atoms with E-state index in [1.165, 1.54) is 0 Å². The number of nitrogens with one attached hydrogen (secondary N) is 1. The molecule has 1 saturated heterocycles. The van der Waals surface area contributed by atoms with Crippen molar-refractivity contribution < 1.29 is 9.90 Å². The van der Waals surface area contributed by atoms with Crippen LogP contribution in [0.15, 0.2) is 30.5 Å². The first-order valence-electron chi connectivity index (χ1n) is 8.10. The Balaban J connectivity index is 1.79. The molecule has 0 aliphatic carbocycles. The standard InChI is InChI=1S/C18H24N2O2/c1-12(20-9-5-6-14(11-20)13(2)21)18(22)16-10-19-17-8-4-3-7-15(16)17/h3-4,7-8,10,12-14,19,21H,5-6,9,11H2,1-2H3. The first kappa shape index (κ1) is 15.3. The number of hydrogen-bond acceptors (Lipinski definition) is 3. The number of carbonyl (C=O) groups is 1. The molecule has 0 spiro atoms. The monoisotopic (exact) mass is 300 g/mol. The van der Waals surface area contributed by atoms with Gasteiger partial charge >= 0.3 is 0 Å². The first-order valence-corrected chi connectivity index (χ1v) is 8.10. The SMILES string of the molecule is CC(O)C1CCCN(C(C)C(=O)c2c[nH]c3ccccc23)C1. The van der Waals surface area contributed by atoms with E-state index >= 15 is 0 Å². The Kier molecular flexibility index (Phi) is 4.32. The fraction of sp³-hybridized carbons (Fsp3) is 0.500. The van der Waals surface area contributed by atoms with E-state index in [4.69, 9.17) is 0 Å². The number of carbonyl (C=O) groups excluding carboxylic acids is 1. The maximum absolute atomic E-state index is 12.9. The Morgan fingerprint density at radius 2 is 2.14 bits per heavy atom. The van der Waals surface area contributed by atoms with Crippen LogP contribution in [-0.4, -0.2) is 46.0 Å². The predicted molar refractivity (Wildman–Crippen MR) is 88.1 cm³/mol. The summed E-state index contributed by atoms with van der Waals surface area (Å²) in [5, 5.41) is 10.8. The summed E-state index contributed by atoms with van der Waals surface area (Å²) in [7, 11) is 0. The fourth-order valence-corrected chi connectivity index (χ4v) is 3.45. The largest absolute Gasteiger partial charge is 0.393 e. The molecular weight excluding hydrogens is 276 g/mol. The molecule has 3 unspecified atom stereocenters. The molecular formula is C18H24N2O2. The maximum Gasteiger partial charge on any atom is 0.181 e. The quantitative estimate of drug-likeness (QED) is 0.854. The van der Waals surface area contributed by atoms with Gasteiger partial charge in [0.2, 0.25) is 0 Å². The predicted octanol–water partition coefficient (Wildman–Crippen LogP) is 2.83. The number of piperidine rings is 1. The second kappa shape index (κ2) is 6.23. The number of para-hydroxylation sites is 1. The molecule has 0 bridgehead atoms. The molecule has 2 aromatic rings. The van der Waals surface area contributed by atoms with E-state index < -0.39 is 0 Å². The van der Waals surface area contributed by atoms with Gasteiger partial charge in [0, 0.05) is 29.2 Å². The van der Waals surface area contributed by atoms with E-state index in [1.807, 2.05) is 44.3 Å². The average Bonchev–Trinajstić information content (AvgIpc) is 2.97. The molecule has 0 radical (unpaired) electrons. The lowest BCUT2D eigenvalue weighted by Gasteiger charge is -2.37. The van der Waals surface area contributed by atoms with Gasteiger partial charge in [0.25, 0.3) is 0 Å². The molecule has 22 heavy (non-hydrogen) atoms. The van der Waals surface area contributed by atoms with Crippen molar-refractivity contribution in [2.24, 2.45) is 5.92 Å². The molecule has 3 rings (SSSR count). The lowest BCUT2D eigenvalue weighted by molar-refractivity contribution is 0.0431. The number of nitrogens with zero attached hydrogens (tertiary/aromatic N) is 1. The van der Waals surface area contributed by atoms with Crippen LogP contribution in [0.3, 0.4) is 0 Å². The number of aromatic nitrogens is 1. The Hall–Kier alpha value is -1.65. The summed E-state index contributed by atoms with van der Waals surface area (Å²) in [5.41, 5.74) is 1.76. The number of hydrogen-bond donors (Lipinski definition) is 2. The summed E-state index contributed by atoms with van der Waals surface area (Å²) < 4.78 is 0. The van der Waals surface area contributed by atoms with E-state index in [-0.39, 0.29) is 23.8 Å². The summed E-state index contributed by atoms with van der Waals surface area (Å²) >= 11 is 0. The molecule has 118 valence electrons. The number of likely N-dealkylation sites (tertiary alicyclic amines) is 1. The van der Waals surface area contributed by atoms with E-state index in [2.05, 4.69) is 9.88 Å². The van der Waals surface area contributed by atoms with E-state index in [0.717, 1.165) is 42.4 Å². The van der Waals surface area contributed by atoms with Gasteiger partial charge in [0.1, 0.15) is 0 Å². The number of benzene rings is 1. The highest BCUT2D eigenvalue weighted by Crippen LogP contribution is 2.25. The van der Waals surface area contributed by atoms with Crippen LogP contribution in [0, 0.1) is 5.92 Å². The van der Waals surface area contributed by atoms with Gasteiger partial charge < -0.3 is 10.1 Å². The highest BCUT2D eigenvalue weighted by molar-refractivity contribution is 6.10. The van der Waals surface area contributed by atoms with Crippen LogP contribution in [0.4, 0.5) is 0 Å². The summed E-state index contributed by atoms with van der Waals surface area (Å²) in [6.07, 6.45) is 3.60. The molecule has 0 saturated carbocycles. The van der Waals surface area contributed by atoms with E-state index in [0.29, 0.717) is 0 Å². The third-order valence-corrected chi connectivity index (χ3v) is 4.95. The molecule has 1 aliphatic rings. The van der Waals surface area contributed by atoms with Gasteiger partial charge in [-0.2, -0.15) is 0 Å². The van der Waals surface area contributed by atoms with Gasteiger partial charge in [0.15, 0.2) is 5.78 Å². The highest BCUT2D eigenvalue weighted by Gasteiger charge is 2.30. The van der Waals surface area contributed by atoms with Crippen molar-refractivity contribution in [3.8, 4) is 0 Å². The zero-order valence-electron chi connectivity index (χ0n) is 13.2. The van der Waals surface area contributed by atoms with Crippen LogP contribution in [0.1, 0.15) is 37.0 Å². The fourth-order valence-electron chi connectivity index (χ4n) is 3.45. The van der Waals surface area contributed by atoms with Gasteiger partial charge in [-0.1, -0.05) is 18.2 Å². The Labute approximate surface area is 131 Å². The molecule has 2 heterocycles. The van der Waals surface area contributed by atoms with E-state index in [1.54, 1.807) is 0 Å². The molecule has 4 heteroatoms. The lowest BCUT2D eigenvalue weighted by Crippen LogP contribution is -2.47. The minimum Gasteiger partial charge on any atom is -0.393 e. The summed E-state index contributed by atoms with van der Waals surface area (Å²) in [4.78, 5) is 18.3. The average molecular weight is 300 g/mol. The zero-order chi connectivity index (χ0) is 15.7. The van der Waals surface area contributed by atoms with Crippen LogP contribution in [0.25, 0.3) is 10.9 Å². The number of aromatic amines is 1. The molecule has 3 atom stereocenters. The van der Waals surface area contributed by atoms with Crippen molar-refractivity contribution in [2.75, 3.05) is 13.1 Å². The molecule has 1 aliphatic heterocycles. The normalized spacial score (nSPS) is 22.6. The van der Waals surface area contributed by atoms with Gasteiger partial charge in [-0.3, -0.25) is 9.69 Å². The van der Waals surface area contributed by atoms with E-state index in [9.17, 15) is 9.90 Å². The molecule has 2 N–H and O–H groups in total. The Bertz CT molecular complexity index is 662. The number of H-pyrrole nitrogens is 1. The zero-order valence-corrected chi connectivity index (χ0v) is 13.2. The molecule has 4 nitrogen and oxygen atoms in total. The van der Waals surface area contributed by atoms with Gasteiger partial charge in [0.05, 0.1) is 12.1 Å². The Morgan fingerprint density at radius 1 is 1.36 bits per heavy atom. The summed E-state index contributed by atoms with van der Waals surface area (Å²) in [6, 6.07) is 7.75. The number of ketones is 1. The second-order valence-corrected chi connectivity index (χ2v) is 6.43. The van der Waals surface area contributed by atoms with Crippen LogP contribution in [0.2, 0.25) is 0 Å². The molecule has 1 fully saturated rings. The number of fused-ring (bicyclic) bond motifs is 1. The molecule has 0 amide bonds. The number of aliphatic hydroxyl groups excluding tert-OH is 1. The van der Waals surface area contributed by atoms with Crippen LogP contribution in [0.5, 0.6) is 0 Å². The van der Waals surface area contributed by atoms with Gasteiger partial charge in [-0.15, -0.1) is 0 Å². The second-order valence-electron chi connectivity index (χ2n) is 6.43. The minimum atomic E-state index is -0.307.